The standard InChI is InChI=1S/C20H33N3O3/c1-20(2,3)26-19(25)16(21)12-13-17(22-4)18(24)23-14-8-11-15-9-6-5-7-10-15/h5-7,9-10,16-17,22H,8,11-14,21H2,1-4H3,(H,23,24)/t16?,17-/m0/s1. The number of nitrogens with one attached hydrogen (secondary N) is 2. The molecule has 1 amide bonds. The van der Waals surface area contributed by atoms with Gasteiger partial charge in [-0.25, -0.2) is 0 Å². The fraction of sp³-hybridized carbons (Fsp3) is 0.600. The summed E-state index contributed by atoms with van der Waals surface area (Å²) in [5.74, 6) is -0.507. The molecule has 0 saturated heterocycles. The Morgan fingerprint density at radius 1 is 1.15 bits per heavy atom. The van der Waals surface area contributed by atoms with Gasteiger partial charge >= 0.3 is 5.97 Å². The van der Waals surface area contributed by atoms with Gasteiger partial charge in [0.25, 0.3) is 0 Å². The molecule has 0 aliphatic rings. The van der Waals surface area contributed by atoms with Crippen molar-refractivity contribution in [2.45, 2.75) is 64.1 Å². The summed E-state index contributed by atoms with van der Waals surface area (Å²) in [4.78, 5) is 24.2. The fourth-order valence-corrected chi connectivity index (χ4v) is 2.52. The molecule has 2 atom stereocenters. The summed E-state index contributed by atoms with van der Waals surface area (Å²) in [5.41, 5.74) is 6.58. The van der Waals surface area contributed by atoms with Crippen LogP contribution in [0.15, 0.2) is 30.3 Å². The minimum absolute atomic E-state index is 0.0723. The lowest BCUT2D eigenvalue weighted by Gasteiger charge is -2.23. The van der Waals surface area contributed by atoms with E-state index in [9.17, 15) is 9.59 Å². The maximum absolute atomic E-state index is 12.3. The van der Waals surface area contributed by atoms with Crippen molar-refractivity contribution in [3.05, 3.63) is 35.9 Å². The Labute approximate surface area is 156 Å². The Morgan fingerprint density at radius 2 is 1.81 bits per heavy atom. The van der Waals surface area contributed by atoms with E-state index >= 15 is 0 Å². The highest BCUT2D eigenvalue weighted by molar-refractivity contribution is 5.82. The van der Waals surface area contributed by atoms with Gasteiger partial charge in [0.1, 0.15) is 11.6 Å². The normalized spacial score (nSPS) is 13.7. The number of aryl methyl sites for hydroxylation is 1. The van der Waals surface area contributed by atoms with Crippen LogP contribution < -0.4 is 16.4 Å². The number of carbonyl (C=O) groups is 2. The van der Waals surface area contributed by atoms with Crippen molar-refractivity contribution in [1.82, 2.24) is 10.6 Å². The molecule has 0 fully saturated rings. The Hall–Kier alpha value is -1.92. The lowest BCUT2D eigenvalue weighted by molar-refractivity contribution is -0.156. The summed E-state index contributed by atoms with van der Waals surface area (Å²) >= 11 is 0. The number of carbonyl (C=O) groups excluding carboxylic acids is 2. The Balaban J connectivity index is 2.31. The predicted molar refractivity (Wildman–Crippen MR) is 104 cm³/mol. The third kappa shape index (κ3) is 8.97. The zero-order chi connectivity index (χ0) is 19.6. The van der Waals surface area contributed by atoms with Gasteiger partial charge in [0.15, 0.2) is 0 Å². The van der Waals surface area contributed by atoms with E-state index in [2.05, 4.69) is 22.8 Å². The van der Waals surface area contributed by atoms with Crippen LogP contribution in [-0.2, 0) is 20.7 Å². The minimum Gasteiger partial charge on any atom is -0.459 e. The molecule has 0 aliphatic carbocycles. The van der Waals surface area contributed by atoms with Gasteiger partial charge in [-0.3, -0.25) is 9.59 Å². The van der Waals surface area contributed by atoms with Crippen LogP contribution >= 0.6 is 0 Å². The lowest BCUT2D eigenvalue weighted by atomic mass is 10.1. The van der Waals surface area contributed by atoms with E-state index in [-0.39, 0.29) is 11.9 Å². The summed E-state index contributed by atoms with van der Waals surface area (Å²) < 4.78 is 5.26. The van der Waals surface area contributed by atoms with E-state index in [1.54, 1.807) is 27.8 Å². The molecule has 4 N–H and O–H groups in total. The van der Waals surface area contributed by atoms with Crippen LogP contribution in [0.2, 0.25) is 0 Å². The van der Waals surface area contributed by atoms with Crippen molar-refractivity contribution in [2.75, 3.05) is 13.6 Å². The van der Waals surface area contributed by atoms with Crippen molar-refractivity contribution in [1.29, 1.82) is 0 Å². The first-order chi connectivity index (χ1) is 12.2. The number of benzene rings is 1. The van der Waals surface area contributed by atoms with Crippen LogP contribution in [0.4, 0.5) is 0 Å². The highest BCUT2D eigenvalue weighted by atomic mass is 16.6. The molecule has 0 saturated carbocycles. The maximum Gasteiger partial charge on any atom is 0.323 e. The van der Waals surface area contributed by atoms with Gasteiger partial charge in [-0.2, -0.15) is 0 Å². The van der Waals surface area contributed by atoms with Crippen LogP contribution in [0.25, 0.3) is 0 Å². The van der Waals surface area contributed by atoms with Crippen molar-refractivity contribution < 1.29 is 14.3 Å². The first-order valence-electron chi connectivity index (χ1n) is 9.20. The Morgan fingerprint density at radius 3 is 2.38 bits per heavy atom. The second-order valence-corrected chi connectivity index (χ2v) is 7.44. The number of rotatable bonds is 10. The molecule has 0 bridgehead atoms. The van der Waals surface area contributed by atoms with Crippen molar-refractivity contribution in [3.8, 4) is 0 Å². The number of hydrogen-bond acceptors (Lipinski definition) is 5. The SMILES string of the molecule is CN[C@@H](CCC(N)C(=O)OC(C)(C)C)C(=O)NCCCc1ccccc1. The summed E-state index contributed by atoms with van der Waals surface area (Å²) in [6.45, 7) is 6.02. The molecular formula is C20H33N3O3. The second kappa shape index (κ2) is 10.9. The zero-order valence-corrected chi connectivity index (χ0v) is 16.4. The smallest absolute Gasteiger partial charge is 0.323 e. The summed E-state index contributed by atoms with van der Waals surface area (Å²) in [5, 5.41) is 5.92. The molecule has 0 aromatic heterocycles. The first kappa shape index (κ1) is 22.1. The zero-order valence-electron chi connectivity index (χ0n) is 16.4. The number of hydrogen-bond donors (Lipinski definition) is 3. The average Bonchev–Trinajstić information content (AvgIpc) is 2.58. The van der Waals surface area contributed by atoms with E-state index in [0.29, 0.717) is 19.4 Å². The molecule has 0 spiro atoms. The third-order valence-electron chi connectivity index (χ3n) is 3.93. The molecule has 26 heavy (non-hydrogen) atoms. The van der Waals surface area contributed by atoms with Gasteiger partial charge in [-0.1, -0.05) is 30.3 Å². The quantitative estimate of drug-likeness (QED) is 0.435. The van der Waals surface area contributed by atoms with E-state index in [4.69, 9.17) is 10.5 Å². The Kier molecular flexibility index (Phi) is 9.30. The molecule has 146 valence electrons. The van der Waals surface area contributed by atoms with Crippen LogP contribution in [0.3, 0.4) is 0 Å². The van der Waals surface area contributed by atoms with E-state index in [1.807, 2.05) is 18.2 Å². The number of likely N-dealkylation sites (N-methyl/N-ethyl adjacent to an activating group) is 1. The van der Waals surface area contributed by atoms with Gasteiger partial charge < -0.3 is 21.1 Å². The van der Waals surface area contributed by atoms with E-state index in [1.165, 1.54) is 5.56 Å². The number of nitrogens with two attached hydrogens (primary N) is 1. The van der Waals surface area contributed by atoms with Gasteiger partial charge in [-0.15, -0.1) is 0 Å². The molecule has 1 unspecified atom stereocenters. The molecule has 6 heteroatoms. The first-order valence-corrected chi connectivity index (χ1v) is 9.20. The molecule has 1 aromatic carbocycles. The molecule has 0 heterocycles. The van der Waals surface area contributed by atoms with Crippen molar-refractivity contribution >= 4 is 11.9 Å². The van der Waals surface area contributed by atoms with E-state index in [0.717, 1.165) is 12.8 Å². The highest BCUT2D eigenvalue weighted by Gasteiger charge is 2.24. The van der Waals surface area contributed by atoms with Gasteiger partial charge in [0.05, 0.1) is 6.04 Å². The second-order valence-electron chi connectivity index (χ2n) is 7.44. The number of amides is 1. The van der Waals surface area contributed by atoms with Crippen molar-refractivity contribution in [2.24, 2.45) is 5.73 Å². The minimum atomic E-state index is -0.726. The number of ether oxygens (including phenoxy) is 1. The van der Waals surface area contributed by atoms with Crippen LogP contribution in [0, 0.1) is 0 Å². The molecule has 0 aliphatic heterocycles. The largest absolute Gasteiger partial charge is 0.459 e. The van der Waals surface area contributed by atoms with Crippen LogP contribution in [0.5, 0.6) is 0 Å². The van der Waals surface area contributed by atoms with Crippen molar-refractivity contribution in [3.63, 3.8) is 0 Å². The fourth-order valence-electron chi connectivity index (χ4n) is 2.52. The molecular weight excluding hydrogens is 330 g/mol. The summed E-state index contributed by atoms with van der Waals surface area (Å²) in [7, 11) is 1.73. The summed E-state index contributed by atoms with van der Waals surface area (Å²) in [6.07, 6.45) is 2.66. The van der Waals surface area contributed by atoms with Gasteiger partial charge in [-0.05, 0) is 59.1 Å². The van der Waals surface area contributed by atoms with Gasteiger partial charge in [0, 0.05) is 6.54 Å². The molecule has 1 aromatic rings. The number of esters is 1. The van der Waals surface area contributed by atoms with Crippen LogP contribution in [-0.4, -0.2) is 43.2 Å². The maximum atomic E-state index is 12.3. The monoisotopic (exact) mass is 363 g/mol. The third-order valence-corrected chi connectivity index (χ3v) is 3.93. The Bertz CT molecular complexity index is 555. The topological polar surface area (TPSA) is 93.4 Å². The summed E-state index contributed by atoms with van der Waals surface area (Å²) in [6, 6.07) is 9.07. The molecule has 0 radical (unpaired) electrons. The predicted octanol–water partition coefficient (Wildman–Crippen LogP) is 1.77. The lowest BCUT2D eigenvalue weighted by Crippen LogP contribution is -2.45. The van der Waals surface area contributed by atoms with Crippen LogP contribution in [0.1, 0.15) is 45.6 Å². The average molecular weight is 364 g/mol. The van der Waals surface area contributed by atoms with E-state index < -0.39 is 17.6 Å². The molecule has 1 rings (SSSR count). The molecule has 6 nitrogen and oxygen atoms in total. The highest BCUT2D eigenvalue weighted by Crippen LogP contribution is 2.10. The van der Waals surface area contributed by atoms with Gasteiger partial charge in [0.2, 0.25) is 5.91 Å².